The Kier molecular flexibility index (Phi) is 7.73. The summed E-state index contributed by atoms with van der Waals surface area (Å²) < 4.78 is 15.1. The molecule has 0 spiro atoms. The Morgan fingerprint density at radius 3 is 2.66 bits per heavy atom. The predicted octanol–water partition coefficient (Wildman–Crippen LogP) is 3.98. The summed E-state index contributed by atoms with van der Waals surface area (Å²) in [6.07, 6.45) is 1.09. The molecule has 0 fully saturated rings. The topological polar surface area (TPSA) is 143 Å². The quantitative estimate of drug-likeness (QED) is 0.247. The van der Waals surface area contributed by atoms with Crippen molar-refractivity contribution in [2.45, 2.75) is 63.2 Å². The van der Waals surface area contributed by atoms with Crippen molar-refractivity contribution < 1.29 is 29.0 Å². The van der Waals surface area contributed by atoms with Gasteiger partial charge in [-0.05, 0) is 67.3 Å². The fourth-order valence-corrected chi connectivity index (χ4v) is 5.85. The zero-order valence-corrected chi connectivity index (χ0v) is 24.0. The molecule has 0 bridgehead atoms. The summed E-state index contributed by atoms with van der Waals surface area (Å²) in [5.74, 6) is -1.32. The zero-order valence-electron chi connectivity index (χ0n) is 24.0. The van der Waals surface area contributed by atoms with Crippen LogP contribution in [0.15, 0.2) is 76.7 Å². The van der Waals surface area contributed by atoms with Crippen LogP contribution in [0.1, 0.15) is 61.2 Å². The lowest BCUT2D eigenvalue weighted by Crippen LogP contribution is -2.47. The number of aryl methyl sites for hydroxylation is 1. The molecule has 0 radical (unpaired) electrons. The molecule has 1 aromatic heterocycles. The van der Waals surface area contributed by atoms with Crippen molar-refractivity contribution in [2.75, 3.05) is 0 Å². The number of hydrogen-bond acceptors (Lipinski definition) is 7. The SMILES string of the molecule is C[C@]1(C(=O)N[C@@H]2c3ccccc3C[C@@H]2O)CC(c2ccc3c(=O)n(-c4ccc(F)cc4)c(CCCCC(=O)O)nc3c2)=NO1. The molecule has 1 aliphatic heterocycles. The number of aliphatic hydroxyl groups excluding tert-OH is 1. The van der Waals surface area contributed by atoms with E-state index < -0.39 is 35.4 Å². The molecule has 10 nitrogen and oxygen atoms in total. The Morgan fingerprint density at radius 1 is 1.11 bits per heavy atom. The number of halogens is 1. The number of rotatable bonds is 9. The van der Waals surface area contributed by atoms with E-state index in [1.807, 2.05) is 24.3 Å². The van der Waals surface area contributed by atoms with Crippen LogP contribution in [0.2, 0.25) is 0 Å². The van der Waals surface area contributed by atoms with Gasteiger partial charge in [-0.1, -0.05) is 35.5 Å². The molecular weight excluding hydrogens is 567 g/mol. The highest BCUT2D eigenvalue weighted by Gasteiger charge is 2.44. The van der Waals surface area contributed by atoms with E-state index in [1.54, 1.807) is 25.1 Å². The van der Waals surface area contributed by atoms with Gasteiger partial charge in [-0.15, -0.1) is 0 Å². The van der Waals surface area contributed by atoms with Gasteiger partial charge in [0.2, 0.25) is 5.60 Å². The number of nitrogens with zero attached hydrogens (tertiary/aromatic N) is 3. The van der Waals surface area contributed by atoms with Crippen molar-refractivity contribution >= 4 is 28.5 Å². The third kappa shape index (κ3) is 5.58. The van der Waals surface area contributed by atoms with E-state index in [0.717, 1.165) is 11.1 Å². The van der Waals surface area contributed by atoms with E-state index in [1.165, 1.54) is 28.8 Å². The van der Waals surface area contributed by atoms with Crippen LogP contribution in [0.3, 0.4) is 0 Å². The number of amides is 1. The molecular formula is C33H31FN4O6. The number of aliphatic carboxylic acids is 1. The van der Waals surface area contributed by atoms with E-state index >= 15 is 0 Å². The highest BCUT2D eigenvalue weighted by Crippen LogP contribution is 2.34. The lowest BCUT2D eigenvalue weighted by molar-refractivity contribution is -0.143. The predicted molar refractivity (Wildman–Crippen MR) is 160 cm³/mol. The van der Waals surface area contributed by atoms with Crippen LogP contribution in [-0.4, -0.2) is 49.1 Å². The van der Waals surface area contributed by atoms with E-state index in [9.17, 15) is 23.9 Å². The number of benzene rings is 3. The van der Waals surface area contributed by atoms with Gasteiger partial charge in [-0.25, -0.2) is 9.37 Å². The number of aliphatic hydroxyl groups is 1. The third-order valence-electron chi connectivity index (χ3n) is 8.23. The lowest BCUT2D eigenvalue weighted by Gasteiger charge is -2.25. The van der Waals surface area contributed by atoms with Crippen LogP contribution in [0.4, 0.5) is 4.39 Å². The first-order valence-electron chi connectivity index (χ1n) is 14.5. The number of carboxylic acid groups (broad SMARTS) is 1. The second-order valence-electron chi connectivity index (χ2n) is 11.4. The van der Waals surface area contributed by atoms with Crippen LogP contribution < -0.4 is 10.9 Å². The molecule has 0 saturated heterocycles. The fourth-order valence-electron chi connectivity index (χ4n) is 5.85. The number of carboxylic acids is 1. The molecule has 11 heteroatoms. The van der Waals surface area contributed by atoms with Gasteiger partial charge in [-0.2, -0.15) is 0 Å². The maximum Gasteiger partial charge on any atom is 0.303 e. The van der Waals surface area contributed by atoms with Crippen molar-refractivity contribution in [3.63, 3.8) is 0 Å². The minimum Gasteiger partial charge on any atom is -0.481 e. The molecule has 6 rings (SSSR count). The Hall–Kier alpha value is -4.90. The molecule has 1 aliphatic carbocycles. The third-order valence-corrected chi connectivity index (χ3v) is 8.23. The van der Waals surface area contributed by atoms with Gasteiger partial charge in [0, 0.05) is 31.2 Å². The number of carbonyl (C=O) groups excluding carboxylic acids is 1. The van der Waals surface area contributed by atoms with Gasteiger partial charge in [0.25, 0.3) is 11.5 Å². The standard InChI is InChI=1S/C33H31FN4O6/c1-33(32(43)36-30-23-7-3-2-6-19(23)17-27(30)39)18-26(37-44-33)20-10-15-24-25(16-20)35-28(8-4-5-9-29(40)41)38(31(24)42)22-13-11-21(34)12-14-22/h2-3,6-7,10-16,27,30,39H,4-5,8-9,17-18H2,1H3,(H,36,43)(H,40,41)/t27-,30+,33+/m0/s1. The molecule has 0 saturated carbocycles. The summed E-state index contributed by atoms with van der Waals surface area (Å²) in [4.78, 5) is 48.5. The minimum atomic E-state index is -1.31. The molecule has 4 aromatic rings. The molecule has 226 valence electrons. The highest BCUT2D eigenvalue weighted by molar-refractivity contribution is 6.07. The Balaban J connectivity index is 1.26. The van der Waals surface area contributed by atoms with Crippen molar-refractivity contribution in [3.8, 4) is 5.69 Å². The molecule has 44 heavy (non-hydrogen) atoms. The second kappa shape index (κ2) is 11.6. The molecule has 3 aromatic carbocycles. The van der Waals surface area contributed by atoms with Crippen LogP contribution in [0, 0.1) is 5.82 Å². The summed E-state index contributed by atoms with van der Waals surface area (Å²) in [5, 5.41) is 27.1. The largest absolute Gasteiger partial charge is 0.481 e. The summed E-state index contributed by atoms with van der Waals surface area (Å²) in [6, 6.07) is 17.6. The average Bonchev–Trinajstić information content (AvgIpc) is 3.56. The first-order valence-corrected chi connectivity index (χ1v) is 14.5. The van der Waals surface area contributed by atoms with Crippen LogP contribution in [-0.2, 0) is 27.3 Å². The number of nitrogens with one attached hydrogen (secondary N) is 1. The monoisotopic (exact) mass is 598 g/mol. The average molecular weight is 599 g/mol. The summed E-state index contributed by atoms with van der Waals surface area (Å²) in [7, 11) is 0. The maximum absolute atomic E-state index is 13.7. The van der Waals surface area contributed by atoms with Crippen molar-refractivity contribution in [1.29, 1.82) is 0 Å². The molecule has 3 N–H and O–H groups in total. The lowest BCUT2D eigenvalue weighted by atomic mass is 9.94. The molecule has 0 unspecified atom stereocenters. The zero-order chi connectivity index (χ0) is 31.0. The molecule has 1 amide bonds. The Morgan fingerprint density at radius 2 is 1.89 bits per heavy atom. The molecule has 2 heterocycles. The van der Waals surface area contributed by atoms with Gasteiger partial charge in [-0.3, -0.25) is 19.0 Å². The number of unbranched alkanes of at least 4 members (excludes halogenated alkanes) is 1. The smallest absolute Gasteiger partial charge is 0.303 e. The summed E-state index contributed by atoms with van der Waals surface area (Å²) in [5.41, 5.74) is 2.21. The summed E-state index contributed by atoms with van der Waals surface area (Å²) in [6.45, 7) is 1.64. The van der Waals surface area contributed by atoms with Gasteiger partial charge < -0.3 is 20.4 Å². The first-order chi connectivity index (χ1) is 21.1. The first kappa shape index (κ1) is 29.2. The Labute approximate surface area is 251 Å². The van der Waals surface area contributed by atoms with E-state index in [4.69, 9.17) is 14.9 Å². The van der Waals surface area contributed by atoms with Crippen LogP contribution >= 0.6 is 0 Å². The van der Waals surface area contributed by atoms with Crippen molar-refractivity contribution in [3.05, 3.63) is 105 Å². The highest BCUT2D eigenvalue weighted by atomic mass is 19.1. The fraction of sp³-hybridized carbons (Fsp3) is 0.303. The van der Waals surface area contributed by atoms with Crippen molar-refractivity contribution in [2.24, 2.45) is 5.16 Å². The molecule has 3 atom stereocenters. The number of carbonyl (C=O) groups is 2. The van der Waals surface area contributed by atoms with Crippen LogP contribution in [0.5, 0.6) is 0 Å². The normalized spacial score (nSPS) is 20.7. The van der Waals surface area contributed by atoms with Gasteiger partial charge in [0.15, 0.2) is 0 Å². The van der Waals surface area contributed by atoms with E-state index in [2.05, 4.69) is 10.5 Å². The second-order valence-corrected chi connectivity index (χ2v) is 11.4. The Bertz CT molecular complexity index is 1850. The minimum absolute atomic E-state index is 0.00308. The van der Waals surface area contributed by atoms with Gasteiger partial charge in [0.1, 0.15) is 11.6 Å². The summed E-state index contributed by atoms with van der Waals surface area (Å²) >= 11 is 0. The van der Waals surface area contributed by atoms with Crippen LogP contribution in [0.25, 0.3) is 16.6 Å². The van der Waals surface area contributed by atoms with Gasteiger partial charge >= 0.3 is 5.97 Å². The number of aromatic nitrogens is 2. The van der Waals surface area contributed by atoms with Crippen molar-refractivity contribution in [1.82, 2.24) is 14.9 Å². The number of oxime groups is 1. The molecule has 2 aliphatic rings. The number of fused-ring (bicyclic) bond motifs is 2. The van der Waals surface area contributed by atoms with Gasteiger partial charge in [0.05, 0.1) is 34.4 Å². The van der Waals surface area contributed by atoms with E-state index in [0.29, 0.717) is 59.4 Å². The maximum atomic E-state index is 13.7. The van der Waals surface area contributed by atoms with E-state index in [-0.39, 0.29) is 18.4 Å². The number of hydrogen-bond donors (Lipinski definition) is 3.